The summed E-state index contributed by atoms with van der Waals surface area (Å²) in [4.78, 5) is 0. The van der Waals surface area contributed by atoms with Gasteiger partial charge in [0, 0.05) is 6.61 Å². The first-order chi connectivity index (χ1) is 8.66. The standard InChI is InChI=1S/C15H33NO2/c1-5-6-10-17-11-12-18-15(4)8-7-9-16-13-14(2)3/h14-16H,5-13H2,1-4H3. The Morgan fingerprint density at radius 1 is 1.00 bits per heavy atom. The van der Waals surface area contributed by atoms with Crippen molar-refractivity contribution in [3.63, 3.8) is 0 Å². The van der Waals surface area contributed by atoms with E-state index in [0.717, 1.165) is 51.7 Å². The molecule has 0 aromatic carbocycles. The maximum atomic E-state index is 5.70. The first-order valence-electron chi connectivity index (χ1n) is 7.56. The minimum atomic E-state index is 0.348. The lowest BCUT2D eigenvalue weighted by atomic mass is 10.2. The summed E-state index contributed by atoms with van der Waals surface area (Å²) in [7, 11) is 0. The Morgan fingerprint density at radius 3 is 2.44 bits per heavy atom. The molecule has 0 rings (SSSR count). The maximum Gasteiger partial charge on any atom is 0.0704 e. The van der Waals surface area contributed by atoms with Gasteiger partial charge < -0.3 is 14.8 Å². The van der Waals surface area contributed by atoms with Crippen LogP contribution in [-0.2, 0) is 9.47 Å². The molecule has 0 aliphatic heterocycles. The van der Waals surface area contributed by atoms with Crippen molar-refractivity contribution < 1.29 is 9.47 Å². The van der Waals surface area contributed by atoms with Crippen LogP contribution in [0.2, 0.25) is 0 Å². The van der Waals surface area contributed by atoms with Gasteiger partial charge in [-0.05, 0) is 45.2 Å². The minimum absolute atomic E-state index is 0.348. The molecule has 0 saturated heterocycles. The van der Waals surface area contributed by atoms with Gasteiger partial charge in [0.25, 0.3) is 0 Å². The largest absolute Gasteiger partial charge is 0.379 e. The summed E-state index contributed by atoms with van der Waals surface area (Å²) in [6.45, 7) is 13.3. The molecular weight excluding hydrogens is 226 g/mol. The van der Waals surface area contributed by atoms with Gasteiger partial charge in [0.2, 0.25) is 0 Å². The molecule has 0 aliphatic rings. The quantitative estimate of drug-likeness (QED) is 0.515. The molecule has 110 valence electrons. The highest BCUT2D eigenvalue weighted by molar-refractivity contribution is 4.55. The summed E-state index contributed by atoms with van der Waals surface area (Å²) < 4.78 is 11.2. The van der Waals surface area contributed by atoms with Crippen LogP contribution >= 0.6 is 0 Å². The van der Waals surface area contributed by atoms with E-state index in [0.29, 0.717) is 6.10 Å². The van der Waals surface area contributed by atoms with E-state index in [-0.39, 0.29) is 0 Å². The molecule has 0 saturated carbocycles. The third-order valence-corrected chi connectivity index (χ3v) is 2.79. The molecule has 1 unspecified atom stereocenters. The second-order valence-electron chi connectivity index (χ2n) is 5.39. The van der Waals surface area contributed by atoms with Gasteiger partial charge in [-0.2, -0.15) is 0 Å². The smallest absolute Gasteiger partial charge is 0.0704 e. The van der Waals surface area contributed by atoms with Crippen molar-refractivity contribution in [2.75, 3.05) is 32.9 Å². The molecule has 3 nitrogen and oxygen atoms in total. The molecule has 0 aromatic heterocycles. The highest BCUT2D eigenvalue weighted by Crippen LogP contribution is 2.01. The molecule has 0 spiro atoms. The van der Waals surface area contributed by atoms with E-state index in [9.17, 15) is 0 Å². The summed E-state index contributed by atoms with van der Waals surface area (Å²) >= 11 is 0. The van der Waals surface area contributed by atoms with Crippen LogP contribution in [0.3, 0.4) is 0 Å². The van der Waals surface area contributed by atoms with Crippen molar-refractivity contribution in [3.8, 4) is 0 Å². The van der Waals surface area contributed by atoms with E-state index in [1.807, 2.05) is 0 Å². The highest BCUT2D eigenvalue weighted by atomic mass is 16.5. The van der Waals surface area contributed by atoms with Crippen LogP contribution in [0.5, 0.6) is 0 Å². The SMILES string of the molecule is CCCCOCCOC(C)CCCNCC(C)C. The van der Waals surface area contributed by atoms with Crippen LogP contribution in [-0.4, -0.2) is 39.0 Å². The number of nitrogens with one attached hydrogen (secondary N) is 1. The summed E-state index contributed by atoms with van der Waals surface area (Å²) in [5.41, 5.74) is 0. The summed E-state index contributed by atoms with van der Waals surface area (Å²) in [6.07, 6.45) is 5.00. The lowest BCUT2D eigenvalue weighted by molar-refractivity contribution is 0.00804. The molecule has 0 radical (unpaired) electrons. The zero-order valence-corrected chi connectivity index (χ0v) is 12.8. The van der Waals surface area contributed by atoms with Crippen LogP contribution < -0.4 is 5.32 Å². The van der Waals surface area contributed by atoms with Crippen LogP contribution in [0.1, 0.15) is 53.4 Å². The summed E-state index contributed by atoms with van der Waals surface area (Å²) in [5.74, 6) is 0.735. The highest BCUT2D eigenvalue weighted by Gasteiger charge is 2.02. The van der Waals surface area contributed by atoms with E-state index >= 15 is 0 Å². The molecule has 0 fully saturated rings. The topological polar surface area (TPSA) is 30.5 Å². The molecule has 1 atom stereocenters. The number of rotatable bonds is 13. The van der Waals surface area contributed by atoms with Crippen molar-refractivity contribution in [1.82, 2.24) is 5.32 Å². The Bertz CT molecular complexity index is 163. The van der Waals surface area contributed by atoms with E-state index in [1.54, 1.807) is 0 Å². The van der Waals surface area contributed by atoms with Gasteiger partial charge in [0.15, 0.2) is 0 Å². The van der Waals surface area contributed by atoms with Crippen molar-refractivity contribution in [2.45, 2.75) is 59.5 Å². The Kier molecular flexibility index (Phi) is 13.2. The molecule has 0 bridgehead atoms. The van der Waals surface area contributed by atoms with Crippen LogP contribution in [0.25, 0.3) is 0 Å². The van der Waals surface area contributed by atoms with Gasteiger partial charge in [0.05, 0.1) is 19.3 Å². The van der Waals surface area contributed by atoms with Gasteiger partial charge in [-0.15, -0.1) is 0 Å². The van der Waals surface area contributed by atoms with Crippen LogP contribution in [0.4, 0.5) is 0 Å². The third-order valence-electron chi connectivity index (χ3n) is 2.79. The molecule has 0 amide bonds. The predicted octanol–water partition coefficient (Wildman–Crippen LogP) is 3.23. The monoisotopic (exact) mass is 259 g/mol. The van der Waals surface area contributed by atoms with E-state index < -0.39 is 0 Å². The van der Waals surface area contributed by atoms with E-state index in [1.165, 1.54) is 12.8 Å². The molecule has 0 aliphatic carbocycles. The van der Waals surface area contributed by atoms with E-state index in [2.05, 4.69) is 33.0 Å². The average Bonchev–Trinajstić information content (AvgIpc) is 2.33. The van der Waals surface area contributed by atoms with Crippen LogP contribution in [0, 0.1) is 5.92 Å². The molecule has 0 heterocycles. The van der Waals surface area contributed by atoms with Gasteiger partial charge in [-0.3, -0.25) is 0 Å². The first-order valence-corrected chi connectivity index (χ1v) is 7.56. The Balaban J connectivity index is 3.15. The lowest BCUT2D eigenvalue weighted by Crippen LogP contribution is -2.22. The summed E-state index contributed by atoms with van der Waals surface area (Å²) in [5, 5.41) is 3.45. The van der Waals surface area contributed by atoms with E-state index in [4.69, 9.17) is 9.47 Å². The normalized spacial score (nSPS) is 13.2. The summed E-state index contributed by atoms with van der Waals surface area (Å²) in [6, 6.07) is 0. The van der Waals surface area contributed by atoms with Gasteiger partial charge >= 0.3 is 0 Å². The zero-order valence-electron chi connectivity index (χ0n) is 12.8. The molecular formula is C15H33NO2. The zero-order chi connectivity index (χ0) is 13.6. The average molecular weight is 259 g/mol. The van der Waals surface area contributed by atoms with Crippen molar-refractivity contribution in [1.29, 1.82) is 0 Å². The number of hydrogen-bond acceptors (Lipinski definition) is 3. The second-order valence-corrected chi connectivity index (χ2v) is 5.39. The van der Waals surface area contributed by atoms with Crippen molar-refractivity contribution >= 4 is 0 Å². The lowest BCUT2D eigenvalue weighted by Gasteiger charge is -2.13. The van der Waals surface area contributed by atoms with Crippen molar-refractivity contribution in [2.24, 2.45) is 5.92 Å². The molecule has 1 N–H and O–H groups in total. The molecule has 0 aromatic rings. The Morgan fingerprint density at radius 2 is 1.78 bits per heavy atom. The second kappa shape index (κ2) is 13.3. The van der Waals surface area contributed by atoms with Crippen molar-refractivity contribution in [3.05, 3.63) is 0 Å². The number of ether oxygens (including phenoxy) is 2. The predicted molar refractivity (Wildman–Crippen MR) is 78.1 cm³/mol. The maximum absolute atomic E-state index is 5.70. The number of hydrogen-bond donors (Lipinski definition) is 1. The van der Waals surface area contributed by atoms with Gasteiger partial charge in [-0.25, -0.2) is 0 Å². The Hall–Kier alpha value is -0.120. The van der Waals surface area contributed by atoms with Crippen LogP contribution in [0.15, 0.2) is 0 Å². The molecule has 18 heavy (non-hydrogen) atoms. The minimum Gasteiger partial charge on any atom is -0.379 e. The third kappa shape index (κ3) is 13.9. The number of unbranched alkanes of at least 4 members (excludes halogenated alkanes) is 1. The van der Waals surface area contributed by atoms with Gasteiger partial charge in [0.1, 0.15) is 0 Å². The Labute approximate surface area is 114 Å². The molecule has 3 heteroatoms. The van der Waals surface area contributed by atoms with Gasteiger partial charge in [-0.1, -0.05) is 27.2 Å². The fraction of sp³-hybridized carbons (Fsp3) is 1.00. The fourth-order valence-electron chi connectivity index (χ4n) is 1.65. The fourth-order valence-corrected chi connectivity index (χ4v) is 1.65. The first kappa shape index (κ1) is 17.9.